The molecule has 0 aromatic heterocycles. The van der Waals surface area contributed by atoms with Crippen molar-refractivity contribution < 1.29 is 18.8 Å². The number of hydrogen-bond donors (Lipinski definition) is 2. The Kier molecular flexibility index (Phi) is 2.93. The van der Waals surface area contributed by atoms with Crippen LogP contribution in [0, 0.1) is 12.7 Å². The molecule has 1 aromatic carbocycles. The minimum absolute atomic E-state index is 0.146. The lowest BCUT2D eigenvalue weighted by Gasteiger charge is -2.14. The first-order chi connectivity index (χ1) is 8.49. The standard InChI is InChI=1S/C12H9FN2O3/c1-6-3-2-4-9(13)7(6)5-8-10(16)14-12(18)15-11(8)17/h2-5H,1H3,(H2,14,15,16,17,18). The lowest BCUT2D eigenvalue weighted by Crippen LogP contribution is -2.51. The van der Waals surface area contributed by atoms with Gasteiger partial charge < -0.3 is 0 Å². The Hall–Kier alpha value is -2.50. The third-order valence-electron chi connectivity index (χ3n) is 2.50. The van der Waals surface area contributed by atoms with E-state index in [0.29, 0.717) is 5.56 Å². The van der Waals surface area contributed by atoms with E-state index in [-0.39, 0.29) is 11.1 Å². The van der Waals surface area contributed by atoms with Gasteiger partial charge in [0.25, 0.3) is 11.8 Å². The van der Waals surface area contributed by atoms with Gasteiger partial charge in [-0.25, -0.2) is 9.18 Å². The molecular weight excluding hydrogens is 239 g/mol. The van der Waals surface area contributed by atoms with E-state index in [1.54, 1.807) is 13.0 Å². The van der Waals surface area contributed by atoms with Crippen molar-refractivity contribution in [1.29, 1.82) is 0 Å². The number of hydrogen-bond acceptors (Lipinski definition) is 3. The first kappa shape index (κ1) is 12.0. The second kappa shape index (κ2) is 4.40. The van der Waals surface area contributed by atoms with Gasteiger partial charge in [-0.2, -0.15) is 0 Å². The highest BCUT2D eigenvalue weighted by atomic mass is 19.1. The van der Waals surface area contributed by atoms with Crippen molar-refractivity contribution in [2.75, 3.05) is 0 Å². The van der Waals surface area contributed by atoms with E-state index in [1.165, 1.54) is 12.1 Å². The Morgan fingerprint density at radius 1 is 1.11 bits per heavy atom. The van der Waals surface area contributed by atoms with Crippen LogP contribution in [-0.2, 0) is 9.59 Å². The summed E-state index contributed by atoms with van der Waals surface area (Å²) < 4.78 is 13.6. The minimum atomic E-state index is -0.882. The summed E-state index contributed by atoms with van der Waals surface area (Å²) in [5.74, 6) is -2.22. The second-order valence-electron chi connectivity index (χ2n) is 3.77. The fraction of sp³-hybridized carbons (Fsp3) is 0.0833. The van der Waals surface area contributed by atoms with Crippen LogP contribution in [0.3, 0.4) is 0 Å². The summed E-state index contributed by atoms with van der Waals surface area (Å²) in [6.07, 6.45) is 1.13. The van der Waals surface area contributed by atoms with Crippen molar-refractivity contribution in [3.63, 3.8) is 0 Å². The van der Waals surface area contributed by atoms with E-state index in [0.717, 1.165) is 6.08 Å². The fourth-order valence-corrected chi connectivity index (χ4v) is 1.58. The maximum absolute atomic E-state index is 13.6. The zero-order chi connectivity index (χ0) is 13.3. The molecule has 1 heterocycles. The third kappa shape index (κ3) is 2.13. The summed E-state index contributed by atoms with van der Waals surface area (Å²) in [4.78, 5) is 33.8. The molecule has 4 amide bonds. The van der Waals surface area contributed by atoms with Crippen LogP contribution >= 0.6 is 0 Å². The van der Waals surface area contributed by atoms with E-state index < -0.39 is 23.7 Å². The third-order valence-corrected chi connectivity index (χ3v) is 2.50. The maximum atomic E-state index is 13.6. The molecular formula is C12H9FN2O3. The van der Waals surface area contributed by atoms with Crippen LogP contribution in [0.5, 0.6) is 0 Å². The minimum Gasteiger partial charge on any atom is -0.273 e. The molecule has 1 aliphatic heterocycles. The predicted octanol–water partition coefficient (Wildman–Crippen LogP) is 0.884. The van der Waals surface area contributed by atoms with Crippen LogP contribution in [-0.4, -0.2) is 17.8 Å². The van der Waals surface area contributed by atoms with Gasteiger partial charge in [0.1, 0.15) is 11.4 Å². The molecule has 2 N–H and O–H groups in total. The molecule has 1 saturated heterocycles. The number of nitrogens with one attached hydrogen (secondary N) is 2. The van der Waals surface area contributed by atoms with E-state index in [2.05, 4.69) is 0 Å². The zero-order valence-electron chi connectivity index (χ0n) is 9.41. The number of amides is 4. The molecule has 92 valence electrons. The number of rotatable bonds is 1. The number of benzene rings is 1. The monoisotopic (exact) mass is 248 g/mol. The largest absolute Gasteiger partial charge is 0.328 e. The summed E-state index contributed by atoms with van der Waals surface area (Å²) >= 11 is 0. The Morgan fingerprint density at radius 3 is 2.28 bits per heavy atom. The number of carbonyl (C=O) groups is 3. The average molecular weight is 248 g/mol. The van der Waals surface area contributed by atoms with Crippen molar-refractivity contribution in [3.05, 3.63) is 40.7 Å². The van der Waals surface area contributed by atoms with Crippen molar-refractivity contribution in [3.8, 4) is 0 Å². The van der Waals surface area contributed by atoms with Gasteiger partial charge in [-0.15, -0.1) is 0 Å². The molecule has 0 spiro atoms. The van der Waals surface area contributed by atoms with Gasteiger partial charge in [0, 0.05) is 5.56 Å². The highest BCUT2D eigenvalue weighted by molar-refractivity contribution is 6.31. The van der Waals surface area contributed by atoms with Crippen LogP contribution in [0.2, 0.25) is 0 Å². The Balaban J connectivity index is 2.47. The zero-order valence-corrected chi connectivity index (χ0v) is 9.41. The fourth-order valence-electron chi connectivity index (χ4n) is 1.58. The van der Waals surface area contributed by atoms with Gasteiger partial charge in [-0.3, -0.25) is 20.2 Å². The summed E-state index contributed by atoms with van der Waals surface area (Å²) in [5.41, 5.74) is 0.426. The molecule has 18 heavy (non-hydrogen) atoms. The van der Waals surface area contributed by atoms with Crippen LogP contribution in [0.1, 0.15) is 11.1 Å². The van der Waals surface area contributed by atoms with Gasteiger partial charge in [0.2, 0.25) is 0 Å². The van der Waals surface area contributed by atoms with Gasteiger partial charge in [0.15, 0.2) is 0 Å². The highest BCUT2D eigenvalue weighted by Crippen LogP contribution is 2.17. The van der Waals surface area contributed by atoms with E-state index in [9.17, 15) is 18.8 Å². The molecule has 0 saturated carbocycles. The molecule has 0 unspecified atom stereocenters. The lowest BCUT2D eigenvalue weighted by atomic mass is 10.0. The summed E-state index contributed by atoms with van der Waals surface area (Å²) in [7, 11) is 0. The van der Waals surface area contributed by atoms with Crippen LogP contribution in [0.4, 0.5) is 9.18 Å². The topological polar surface area (TPSA) is 75.3 Å². The quantitative estimate of drug-likeness (QED) is 0.572. The normalized spacial score (nSPS) is 15.2. The molecule has 0 radical (unpaired) electrons. The molecule has 1 aromatic rings. The summed E-state index contributed by atoms with van der Waals surface area (Å²) in [6.45, 7) is 1.65. The van der Waals surface area contributed by atoms with E-state index in [4.69, 9.17) is 0 Å². The van der Waals surface area contributed by atoms with Crippen LogP contribution < -0.4 is 10.6 Å². The number of urea groups is 1. The first-order valence-corrected chi connectivity index (χ1v) is 5.12. The number of barbiturate groups is 1. The molecule has 0 aliphatic carbocycles. The molecule has 5 nitrogen and oxygen atoms in total. The highest BCUT2D eigenvalue weighted by Gasteiger charge is 2.28. The van der Waals surface area contributed by atoms with Gasteiger partial charge in [-0.1, -0.05) is 12.1 Å². The van der Waals surface area contributed by atoms with Gasteiger partial charge in [0.05, 0.1) is 0 Å². The molecule has 0 bridgehead atoms. The van der Waals surface area contributed by atoms with E-state index >= 15 is 0 Å². The predicted molar refractivity (Wildman–Crippen MR) is 60.8 cm³/mol. The number of halogens is 1. The van der Waals surface area contributed by atoms with E-state index in [1.807, 2.05) is 10.6 Å². The van der Waals surface area contributed by atoms with Crippen molar-refractivity contribution >= 4 is 23.9 Å². The van der Waals surface area contributed by atoms with Crippen LogP contribution in [0.25, 0.3) is 6.08 Å². The second-order valence-corrected chi connectivity index (χ2v) is 3.77. The summed E-state index contributed by atoms with van der Waals surface area (Å²) in [6, 6.07) is 3.52. The Labute approximate surface area is 102 Å². The van der Waals surface area contributed by atoms with Crippen LogP contribution in [0.15, 0.2) is 23.8 Å². The van der Waals surface area contributed by atoms with Gasteiger partial charge >= 0.3 is 6.03 Å². The Morgan fingerprint density at radius 2 is 1.72 bits per heavy atom. The maximum Gasteiger partial charge on any atom is 0.328 e. The number of aryl methyl sites for hydroxylation is 1. The molecule has 2 rings (SSSR count). The molecule has 6 heteroatoms. The van der Waals surface area contributed by atoms with Crippen molar-refractivity contribution in [2.24, 2.45) is 0 Å². The van der Waals surface area contributed by atoms with Crippen molar-refractivity contribution in [2.45, 2.75) is 6.92 Å². The summed E-state index contributed by atoms with van der Waals surface area (Å²) in [5, 5.41) is 3.84. The molecule has 1 fully saturated rings. The lowest BCUT2D eigenvalue weighted by molar-refractivity contribution is -0.123. The molecule has 0 atom stereocenters. The first-order valence-electron chi connectivity index (χ1n) is 5.12. The molecule has 1 aliphatic rings. The number of carbonyl (C=O) groups excluding carboxylic acids is 3. The average Bonchev–Trinajstić information content (AvgIpc) is 2.26. The SMILES string of the molecule is Cc1cccc(F)c1C=C1C(=O)NC(=O)NC1=O. The van der Waals surface area contributed by atoms with Crippen molar-refractivity contribution in [1.82, 2.24) is 10.6 Å². The number of imide groups is 2. The Bertz CT molecular complexity index is 551. The smallest absolute Gasteiger partial charge is 0.273 e. The van der Waals surface area contributed by atoms with Gasteiger partial charge in [-0.05, 0) is 24.6 Å².